The van der Waals surface area contributed by atoms with Crippen molar-refractivity contribution in [3.8, 4) is 28.7 Å². The van der Waals surface area contributed by atoms with Crippen LogP contribution in [0.4, 0.5) is 0 Å². The lowest BCUT2D eigenvalue weighted by molar-refractivity contribution is 0.0946. The maximum Gasteiger partial charge on any atom is 0.255 e. The van der Waals surface area contributed by atoms with Gasteiger partial charge in [-0.1, -0.05) is 42.0 Å². The van der Waals surface area contributed by atoms with Crippen LogP contribution in [0.3, 0.4) is 0 Å². The number of nitrogens with one attached hydrogen (secondary N) is 1. The van der Waals surface area contributed by atoms with Gasteiger partial charge in [0.2, 0.25) is 11.5 Å². The summed E-state index contributed by atoms with van der Waals surface area (Å²) in [4.78, 5) is 13.1. The zero-order valence-corrected chi connectivity index (χ0v) is 19.4. The Bertz CT molecular complexity index is 1080. The molecular weight excluding hydrogens is 420 g/mol. The Morgan fingerprint density at radius 1 is 0.848 bits per heavy atom. The van der Waals surface area contributed by atoms with E-state index in [1.54, 1.807) is 6.07 Å². The minimum absolute atomic E-state index is 0.265. The third-order valence-electron chi connectivity index (χ3n) is 5.17. The fourth-order valence-electron chi connectivity index (χ4n) is 3.43. The molecule has 0 spiro atoms. The van der Waals surface area contributed by atoms with Gasteiger partial charge in [0.15, 0.2) is 11.5 Å². The van der Waals surface area contributed by atoms with Crippen LogP contribution in [0.2, 0.25) is 0 Å². The van der Waals surface area contributed by atoms with Crippen molar-refractivity contribution in [2.45, 2.75) is 19.9 Å². The molecule has 0 radical (unpaired) electrons. The number of methoxy groups -OCH3 is 3. The Hall–Kier alpha value is -3.71. The zero-order chi connectivity index (χ0) is 23.8. The molecule has 3 N–H and O–H groups in total. The molecule has 0 saturated heterocycles. The molecule has 0 saturated carbocycles. The van der Waals surface area contributed by atoms with E-state index in [4.69, 9.17) is 24.7 Å². The van der Waals surface area contributed by atoms with E-state index in [0.717, 1.165) is 23.1 Å². The van der Waals surface area contributed by atoms with E-state index in [1.165, 1.54) is 21.3 Å². The Kier molecular flexibility index (Phi) is 8.16. The fraction of sp³-hybridized carbons (Fsp3) is 0.269. The number of carbonyl (C=O) groups excluding carboxylic acids is 1. The van der Waals surface area contributed by atoms with Crippen LogP contribution in [0.15, 0.2) is 54.6 Å². The number of hydrogen-bond donors (Lipinski definition) is 2. The molecule has 3 aromatic rings. The molecule has 33 heavy (non-hydrogen) atoms. The summed E-state index contributed by atoms with van der Waals surface area (Å²) < 4.78 is 22.7. The van der Waals surface area contributed by atoms with Gasteiger partial charge in [0.25, 0.3) is 5.91 Å². The van der Waals surface area contributed by atoms with Crippen molar-refractivity contribution in [2.75, 3.05) is 27.9 Å². The summed E-state index contributed by atoms with van der Waals surface area (Å²) in [7, 11) is 4.47. The summed E-state index contributed by atoms with van der Waals surface area (Å²) in [5, 5.41) is 2.93. The fourth-order valence-corrected chi connectivity index (χ4v) is 3.43. The van der Waals surface area contributed by atoms with Crippen LogP contribution in [0, 0.1) is 6.92 Å². The van der Waals surface area contributed by atoms with E-state index in [-0.39, 0.29) is 23.0 Å². The first-order valence-corrected chi connectivity index (χ1v) is 10.6. The average Bonchev–Trinajstić information content (AvgIpc) is 2.84. The molecule has 1 amide bonds. The molecule has 3 rings (SSSR count). The Labute approximate surface area is 194 Å². The molecule has 0 atom stereocenters. The van der Waals surface area contributed by atoms with Crippen LogP contribution in [0.25, 0.3) is 0 Å². The highest BCUT2D eigenvalue weighted by atomic mass is 16.5. The van der Waals surface area contributed by atoms with Crippen molar-refractivity contribution in [2.24, 2.45) is 5.73 Å². The SMILES string of the molecule is COc1c(Oc2ccc(CCN)cc2)cc(C(=O)NCc2ccc(C)cc2)c(OC)c1OC. The van der Waals surface area contributed by atoms with Crippen molar-refractivity contribution in [3.63, 3.8) is 0 Å². The zero-order valence-electron chi connectivity index (χ0n) is 19.4. The van der Waals surface area contributed by atoms with Crippen molar-refractivity contribution >= 4 is 5.91 Å². The summed E-state index contributed by atoms with van der Waals surface area (Å²) >= 11 is 0. The summed E-state index contributed by atoms with van der Waals surface area (Å²) in [5.74, 6) is 1.47. The summed E-state index contributed by atoms with van der Waals surface area (Å²) in [6.45, 7) is 2.96. The number of nitrogens with two attached hydrogens (primary N) is 1. The van der Waals surface area contributed by atoms with E-state index in [0.29, 0.717) is 30.3 Å². The number of carbonyl (C=O) groups is 1. The van der Waals surface area contributed by atoms with Crippen molar-refractivity contribution in [1.29, 1.82) is 0 Å². The second-order valence-corrected chi connectivity index (χ2v) is 7.47. The second-order valence-electron chi connectivity index (χ2n) is 7.47. The molecule has 3 aromatic carbocycles. The molecule has 0 fully saturated rings. The van der Waals surface area contributed by atoms with E-state index < -0.39 is 0 Å². The smallest absolute Gasteiger partial charge is 0.255 e. The molecule has 0 aliphatic heterocycles. The van der Waals surface area contributed by atoms with Gasteiger partial charge < -0.3 is 30.0 Å². The van der Waals surface area contributed by atoms with Crippen LogP contribution >= 0.6 is 0 Å². The molecule has 174 valence electrons. The predicted octanol–water partition coefficient (Wildman–Crippen LogP) is 4.24. The van der Waals surface area contributed by atoms with Gasteiger partial charge in [-0.3, -0.25) is 4.79 Å². The second kappa shape index (κ2) is 11.2. The topological polar surface area (TPSA) is 92.0 Å². The molecule has 7 nitrogen and oxygen atoms in total. The van der Waals surface area contributed by atoms with Crippen LogP contribution in [-0.2, 0) is 13.0 Å². The molecule has 0 aliphatic rings. The summed E-state index contributed by atoms with van der Waals surface area (Å²) in [5.41, 5.74) is 9.15. The van der Waals surface area contributed by atoms with Gasteiger partial charge in [0.1, 0.15) is 5.75 Å². The molecule has 0 aliphatic carbocycles. The van der Waals surface area contributed by atoms with E-state index in [2.05, 4.69) is 5.32 Å². The highest BCUT2D eigenvalue weighted by Gasteiger charge is 2.26. The molecule has 7 heteroatoms. The molecule has 0 aromatic heterocycles. The molecular formula is C26H30N2O5. The van der Waals surface area contributed by atoms with Gasteiger partial charge in [-0.25, -0.2) is 0 Å². The van der Waals surface area contributed by atoms with Gasteiger partial charge in [0, 0.05) is 12.6 Å². The van der Waals surface area contributed by atoms with Crippen LogP contribution in [0.5, 0.6) is 28.7 Å². The van der Waals surface area contributed by atoms with Crippen LogP contribution in [-0.4, -0.2) is 33.8 Å². The Balaban J connectivity index is 1.93. The lowest BCUT2D eigenvalue weighted by atomic mass is 10.1. The minimum Gasteiger partial charge on any atom is -0.492 e. The Morgan fingerprint density at radius 3 is 2.03 bits per heavy atom. The van der Waals surface area contributed by atoms with Crippen molar-refractivity contribution < 1.29 is 23.7 Å². The number of ether oxygens (including phenoxy) is 4. The number of aryl methyl sites for hydroxylation is 1. The standard InChI is InChI=1S/C26H30N2O5/c1-17-5-7-19(8-6-17)16-28-26(29)21-15-22(24(31-3)25(32-4)23(21)30-2)33-20-11-9-18(10-12-20)13-14-27/h5-12,15H,13-14,16,27H2,1-4H3,(H,28,29). The largest absolute Gasteiger partial charge is 0.492 e. The minimum atomic E-state index is -0.323. The van der Waals surface area contributed by atoms with Gasteiger partial charge in [-0.05, 0) is 43.1 Å². The summed E-state index contributed by atoms with van der Waals surface area (Å²) in [6, 6.07) is 17.1. The molecule has 0 unspecified atom stereocenters. The normalized spacial score (nSPS) is 10.5. The first-order chi connectivity index (χ1) is 16.0. The van der Waals surface area contributed by atoms with Gasteiger partial charge in [-0.2, -0.15) is 0 Å². The lowest BCUT2D eigenvalue weighted by Crippen LogP contribution is -2.23. The number of hydrogen-bond acceptors (Lipinski definition) is 6. The molecule has 0 heterocycles. The maximum absolute atomic E-state index is 13.1. The monoisotopic (exact) mass is 450 g/mol. The molecule has 0 bridgehead atoms. The van der Waals surface area contributed by atoms with E-state index >= 15 is 0 Å². The van der Waals surface area contributed by atoms with E-state index in [1.807, 2.05) is 55.5 Å². The van der Waals surface area contributed by atoms with Crippen molar-refractivity contribution in [1.82, 2.24) is 5.32 Å². The lowest BCUT2D eigenvalue weighted by Gasteiger charge is -2.19. The third kappa shape index (κ3) is 5.75. The Morgan fingerprint density at radius 2 is 1.45 bits per heavy atom. The first kappa shape index (κ1) is 23.9. The first-order valence-electron chi connectivity index (χ1n) is 10.6. The quantitative estimate of drug-likeness (QED) is 0.480. The summed E-state index contributed by atoms with van der Waals surface area (Å²) in [6.07, 6.45) is 0.783. The highest BCUT2D eigenvalue weighted by molar-refractivity contribution is 5.99. The van der Waals surface area contributed by atoms with Gasteiger partial charge in [0.05, 0.1) is 26.9 Å². The van der Waals surface area contributed by atoms with Gasteiger partial charge >= 0.3 is 0 Å². The van der Waals surface area contributed by atoms with Gasteiger partial charge in [-0.15, -0.1) is 0 Å². The number of amides is 1. The van der Waals surface area contributed by atoms with Crippen molar-refractivity contribution in [3.05, 3.63) is 76.9 Å². The highest BCUT2D eigenvalue weighted by Crippen LogP contribution is 2.47. The number of benzene rings is 3. The average molecular weight is 451 g/mol. The maximum atomic E-state index is 13.1. The van der Waals surface area contributed by atoms with Crippen LogP contribution < -0.4 is 30.0 Å². The third-order valence-corrected chi connectivity index (χ3v) is 5.17. The van der Waals surface area contributed by atoms with Crippen LogP contribution in [0.1, 0.15) is 27.0 Å². The van der Waals surface area contributed by atoms with E-state index in [9.17, 15) is 4.79 Å². The number of rotatable bonds is 10. The predicted molar refractivity (Wildman–Crippen MR) is 128 cm³/mol.